The third-order valence-electron chi connectivity index (χ3n) is 4.34. The summed E-state index contributed by atoms with van der Waals surface area (Å²) in [5.74, 6) is -0.254. The lowest BCUT2D eigenvalue weighted by atomic mass is 10.2. The minimum atomic E-state index is -3.71. The molecule has 0 unspecified atom stereocenters. The second kappa shape index (κ2) is 8.71. The predicted octanol–water partition coefficient (Wildman–Crippen LogP) is 3.98. The Labute approximate surface area is 165 Å². The summed E-state index contributed by atoms with van der Waals surface area (Å²) in [6.07, 6.45) is 0.890. The number of carbonyl (C=O) groups is 1. The van der Waals surface area contributed by atoms with Crippen LogP contribution in [0.4, 0.5) is 5.69 Å². The Bertz CT molecular complexity index is 1030. The van der Waals surface area contributed by atoms with Gasteiger partial charge in [-0.1, -0.05) is 49.4 Å². The van der Waals surface area contributed by atoms with E-state index in [1.165, 1.54) is 24.3 Å². The number of amides is 1. The summed E-state index contributed by atoms with van der Waals surface area (Å²) in [6.45, 7) is 2.45. The molecule has 28 heavy (non-hydrogen) atoms. The SMILES string of the molecule is CCc1ccc(NS(=O)(=O)c2ccc(C(=O)NCc3ccccc3)cc2)cc1. The standard InChI is InChI=1S/C22H22N2O3S/c1-2-17-8-12-20(13-9-17)24-28(26,27)21-14-10-19(11-15-21)22(25)23-16-18-6-4-3-5-7-18/h3-15,24H,2,16H2,1H3,(H,23,25). The van der Waals surface area contributed by atoms with Gasteiger partial charge in [-0.3, -0.25) is 9.52 Å². The number of nitrogens with one attached hydrogen (secondary N) is 2. The Morgan fingerprint density at radius 3 is 2.07 bits per heavy atom. The average molecular weight is 394 g/mol. The zero-order valence-electron chi connectivity index (χ0n) is 15.6. The summed E-state index contributed by atoms with van der Waals surface area (Å²) in [5.41, 5.74) is 3.03. The van der Waals surface area contributed by atoms with Crippen LogP contribution in [0.25, 0.3) is 0 Å². The van der Waals surface area contributed by atoms with E-state index < -0.39 is 10.0 Å². The maximum atomic E-state index is 12.5. The van der Waals surface area contributed by atoms with Gasteiger partial charge in [-0.2, -0.15) is 0 Å². The zero-order chi connectivity index (χ0) is 20.0. The van der Waals surface area contributed by atoms with Gasteiger partial charge in [-0.05, 0) is 53.9 Å². The summed E-state index contributed by atoms with van der Waals surface area (Å²) < 4.78 is 27.6. The molecule has 0 saturated heterocycles. The maximum Gasteiger partial charge on any atom is 0.261 e. The van der Waals surface area contributed by atoms with Crippen molar-refractivity contribution in [3.05, 3.63) is 95.6 Å². The molecular formula is C22H22N2O3S. The van der Waals surface area contributed by atoms with Crippen molar-refractivity contribution in [3.8, 4) is 0 Å². The van der Waals surface area contributed by atoms with Crippen LogP contribution in [-0.2, 0) is 23.0 Å². The topological polar surface area (TPSA) is 75.3 Å². The van der Waals surface area contributed by atoms with E-state index in [1.54, 1.807) is 12.1 Å². The van der Waals surface area contributed by atoms with E-state index in [9.17, 15) is 13.2 Å². The van der Waals surface area contributed by atoms with E-state index >= 15 is 0 Å². The average Bonchev–Trinajstić information content (AvgIpc) is 2.73. The van der Waals surface area contributed by atoms with Gasteiger partial charge in [-0.15, -0.1) is 0 Å². The molecule has 0 aliphatic rings. The summed E-state index contributed by atoms with van der Waals surface area (Å²) in [7, 11) is -3.71. The Morgan fingerprint density at radius 1 is 0.821 bits per heavy atom. The highest BCUT2D eigenvalue weighted by Gasteiger charge is 2.15. The molecule has 0 radical (unpaired) electrons. The summed E-state index contributed by atoms with van der Waals surface area (Å²) in [5, 5.41) is 2.82. The fourth-order valence-corrected chi connectivity index (χ4v) is 3.75. The fraction of sp³-hybridized carbons (Fsp3) is 0.136. The number of carbonyl (C=O) groups excluding carboxylic acids is 1. The van der Waals surface area contributed by atoms with Crippen LogP contribution in [0, 0.1) is 0 Å². The Hall–Kier alpha value is -3.12. The molecule has 5 nitrogen and oxygen atoms in total. The van der Waals surface area contributed by atoms with E-state index in [2.05, 4.69) is 10.0 Å². The van der Waals surface area contributed by atoms with Crippen molar-refractivity contribution in [2.75, 3.05) is 4.72 Å². The van der Waals surface area contributed by atoms with Crippen LogP contribution in [0.3, 0.4) is 0 Å². The number of hydrogen-bond acceptors (Lipinski definition) is 3. The van der Waals surface area contributed by atoms with Crippen LogP contribution in [0.15, 0.2) is 83.8 Å². The second-order valence-corrected chi connectivity index (χ2v) is 8.03. The number of anilines is 1. The van der Waals surface area contributed by atoms with Crippen LogP contribution in [0.5, 0.6) is 0 Å². The van der Waals surface area contributed by atoms with Crippen molar-refractivity contribution in [1.29, 1.82) is 0 Å². The quantitative estimate of drug-likeness (QED) is 0.636. The van der Waals surface area contributed by atoms with E-state index in [1.807, 2.05) is 49.4 Å². The molecule has 0 aliphatic heterocycles. The first kappa shape index (κ1) is 19.6. The van der Waals surface area contributed by atoms with E-state index in [4.69, 9.17) is 0 Å². The molecule has 3 aromatic rings. The molecule has 3 aromatic carbocycles. The number of aryl methyl sites for hydroxylation is 1. The van der Waals surface area contributed by atoms with E-state index in [-0.39, 0.29) is 10.8 Å². The molecule has 0 aliphatic carbocycles. The lowest BCUT2D eigenvalue weighted by Crippen LogP contribution is -2.22. The fourth-order valence-electron chi connectivity index (χ4n) is 2.69. The van der Waals surface area contributed by atoms with Gasteiger partial charge in [0.2, 0.25) is 0 Å². The maximum absolute atomic E-state index is 12.5. The van der Waals surface area contributed by atoms with Crippen molar-refractivity contribution in [2.24, 2.45) is 0 Å². The molecule has 0 heterocycles. The first-order chi connectivity index (χ1) is 13.5. The summed E-state index contributed by atoms with van der Waals surface area (Å²) >= 11 is 0. The predicted molar refractivity (Wildman–Crippen MR) is 111 cm³/mol. The lowest BCUT2D eigenvalue weighted by Gasteiger charge is -2.10. The van der Waals surface area contributed by atoms with Gasteiger partial charge in [-0.25, -0.2) is 8.42 Å². The second-order valence-electron chi connectivity index (χ2n) is 6.35. The molecule has 1 amide bonds. The number of benzene rings is 3. The van der Waals surface area contributed by atoms with Crippen molar-refractivity contribution < 1.29 is 13.2 Å². The van der Waals surface area contributed by atoms with Gasteiger partial charge in [0.15, 0.2) is 0 Å². The largest absolute Gasteiger partial charge is 0.348 e. The highest BCUT2D eigenvalue weighted by molar-refractivity contribution is 7.92. The molecule has 0 bridgehead atoms. The van der Waals surface area contributed by atoms with Gasteiger partial charge in [0, 0.05) is 17.8 Å². The van der Waals surface area contributed by atoms with Crippen LogP contribution in [0.1, 0.15) is 28.4 Å². The van der Waals surface area contributed by atoms with Gasteiger partial charge in [0.05, 0.1) is 4.90 Å². The third-order valence-corrected chi connectivity index (χ3v) is 5.73. The first-order valence-electron chi connectivity index (χ1n) is 9.02. The molecule has 0 saturated carbocycles. The summed E-state index contributed by atoms with van der Waals surface area (Å²) in [4.78, 5) is 12.4. The van der Waals surface area contributed by atoms with Crippen molar-refractivity contribution in [1.82, 2.24) is 5.32 Å². The van der Waals surface area contributed by atoms with E-state index in [0.29, 0.717) is 17.8 Å². The Morgan fingerprint density at radius 2 is 1.46 bits per heavy atom. The van der Waals surface area contributed by atoms with Crippen LogP contribution < -0.4 is 10.0 Å². The van der Waals surface area contributed by atoms with Crippen molar-refractivity contribution in [2.45, 2.75) is 24.8 Å². The van der Waals surface area contributed by atoms with Gasteiger partial charge in [0.1, 0.15) is 0 Å². The summed E-state index contributed by atoms with van der Waals surface area (Å²) in [6, 6.07) is 22.7. The molecule has 6 heteroatoms. The Balaban J connectivity index is 1.65. The van der Waals surface area contributed by atoms with Gasteiger partial charge in [0.25, 0.3) is 15.9 Å². The normalized spacial score (nSPS) is 11.0. The van der Waals surface area contributed by atoms with Crippen LogP contribution in [0.2, 0.25) is 0 Å². The molecule has 144 valence electrons. The molecule has 0 aromatic heterocycles. The van der Waals surface area contributed by atoms with Gasteiger partial charge < -0.3 is 5.32 Å². The molecule has 2 N–H and O–H groups in total. The molecule has 0 fully saturated rings. The molecule has 0 spiro atoms. The smallest absolute Gasteiger partial charge is 0.261 e. The molecular weight excluding hydrogens is 372 g/mol. The highest BCUT2D eigenvalue weighted by atomic mass is 32.2. The van der Waals surface area contributed by atoms with Crippen LogP contribution in [-0.4, -0.2) is 14.3 Å². The van der Waals surface area contributed by atoms with Crippen molar-refractivity contribution in [3.63, 3.8) is 0 Å². The minimum Gasteiger partial charge on any atom is -0.348 e. The van der Waals surface area contributed by atoms with Gasteiger partial charge >= 0.3 is 0 Å². The third kappa shape index (κ3) is 4.98. The monoisotopic (exact) mass is 394 g/mol. The molecule has 3 rings (SSSR count). The molecule has 0 atom stereocenters. The van der Waals surface area contributed by atoms with E-state index in [0.717, 1.165) is 17.5 Å². The lowest BCUT2D eigenvalue weighted by molar-refractivity contribution is 0.0951. The first-order valence-corrected chi connectivity index (χ1v) is 10.5. The Kier molecular flexibility index (Phi) is 6.11. The van der Waals surface area contributed by atoms with Crippen LogP contribution >= 0.6 is 0 Å². The minimum absolute atomic E-state index is 0.103. The van der Waals surface area contributed by atoms with Crippen molar-refractivity contribution >= 4 is 21.6 Å². The highest BCUT2D eigenvalue weighted by Crippen LogP contribution is 2.17. The number of sulfonamides is 1. The number of hydrogen-bond donors (Lipinski definition) is 2. The zero-order valence-corrected chi connectivity index (χ0v) is 16.4. The number of rotatable bonds is 7.